The van der Waals surface area contributed by atoms with Crippen LogP contribution in [0.4, 0.5) is 27.3 Å². The van der Waals surface area contributed by atoms with Crippen LogP contribution in [0.1, 0.15) is 16.1 Å². The average Bonchev–Trinajstić information content (AvgIpc) is 2.78. The first-order valence-electron chi connectivity index (χ1n) is 10.3. The highest BCUT2D eigenvalue weighted by Gasteiger charge is 2.21. The summed E-state index contributed by atoms with van der Waals surface area (Å²) in [7, 11) is -2.94. The van der Waals surface area contributed by atoms with Gasteiger partial charge >= 0.3 is 0 Å². The molecule has 1 aromatic heterocycles. The fourth-order valence-corrected chi connectivity index (χ4v) is 4.69. The lowest BCUT2D eigenvalue weighted by atomic mass is 10.2. The Labute approximate surface area is 190 Å². The Morgan fingerprint density at radius 2 is 1.79 bits per heavy atom. The van der Waals surface area contributed by atoms with Gasteiger partial charge in [-0.1, -0.05) is 12.1 Å². The molecule has 0 unspecified atom stereocenters. The average molecular weight is 471 g/mol. The fraction of sp³-hybridized carbons (Fsp3) is 0.227. The van der Waals surface area contributed by atoms with Crippen molar-refractivity contribution in [3.63, 3.8) is 0 Å². The summed E-state index contributed by atoms with van der Waals surface area (Å²) < 4.78 is 36.7. The molecule has 9 nitrogen and oxygen atoms in total. The van der Waals surface area contributed by atoms with Crippen LogP contribution in [-0.2, 0) is 16.4 Å². The van der Waals surface area contributed by atoms with E-state index in [1.54, 1.807) is 18.2 Å². The SMILES string of the molecule is NC(=O)c1nnc(Nc2ccc(N3CCS(=O)(=O)CC3)cc2)cc1NCc1cccc(F)c1. The maximum Gasteiger partial charge on any atom is 0.271 e. The van der Waals surface area contributed by atoms with Crippen molar-refractivity contribution in [3.05, 3.63) is 71.7 Å². The van der Waals surface area contributed by atoms with E-state index in [1.165, 1.54) is 12.1 Å². The molecule has 0 aliphatic carbocycles. The van der Waals surface area contributed by atoms with Crippen LogP contribution in [0.3, 0.4) is 0 Å². The Kier molecular flexibility index (Phi) is 6.40. The van der Waals surface area contributed by atoms with E-state index in [0.717, 1.165) is 11.4 Å². The standard InChI is InChI=1S/C22H23FN6O3S/c23-16-3-1-2-15(12-16)14-25-19-13-20(27-28-21(19)22(24)30)26-17-4-6-18(7-5-17)29-8-10-33(31,32)11-9-29/h1-7,12-13H,8-11,14H2,(H2,24,30)(H2,25,26,27). The third-order valence-electron chi connectivity index (χ3n) is 5.25. The largest absolute Gasteiger partial charge is 0.379 e. The molecule has 4 N–H and O–H groups in total. The zero-order valence-corrected chi connectivity index (χ0v) is 18.5. The van der Waals surface area contributed by atoms with Crippen LogP contribution in [-0.4, -0.2) is 49.1 Å². The highest BCUT2D eigenvalue weighted by atomic mass is 32.2. The van der Waals surface area contributed by atoms with Gasteiger partial charge in [-0.2, -0.15) is 0 Å². The molecular weight excluding hydrogens is 447 g/mol. The number of amides is 1. The number of nitrogens with two attached hydrogens (primary N) is 1. The second kappa shape index (κ2) is 9.41. The van der Waals surface area contributed by atoms with Crippen molar-refractivity contribution in [1.82, 2.24) is 10.2 Å². The Morgan fingerprint density at radius 3 is 2.45 bits per heavy atom. The van der Waals surface area contributed by atoms with E-state index in [2.05, 4.69) is 20.8 Å². The van der Waals surface area contributed by atoms with Gasteiger partial charge in [0.1, 0.15) is 5.82 Å². The van der Waals surface area contributed by atoms with Crippen LogP contribution in [0, 0.1) is 5.82 Å². The van der Waals surface area contributed by atoms with Crippen LogP contribution < -0.4 is 21.3 Å². The van der Waals surface area contributed by atoms with Crippen LogP contribution in [0.2, 0.25) is 0 Å². The number of hydrogen-bond acceptors (Lipinski definition) is 8. The summed E-state index contributed by atoms with van der Waals surface area (Å²) >= 11 is 0. The van der Waals surface area contributed by atoms with E-state index in [0.29, 0.717) is 30.2 Å². The van der Waals surface area contributed by atoms with Gasteiger partial charge in [0.2, 0.25) is 0 Å². The maximum absolute atomic E-state index is 13.4. The van der Waals surface area contributed by atoms with Gasteiger partial charge in [-0.25, -0.2) is 12.8 Å². The number of benzene rings is 2. The Bertz CT molecular complexity index is 1250. The molecular formula is C22H23FN6O3S. The molecule has 0 radical (unpaired) electrons. The third kappa shape index (κ3) is 5.75. The molecule has 1 amide bonds. The maximum atomic E-state index is 13.4. The lowest BCUT2D eigenvalue weighted by Crippen LogP contribution is -2.40. The second-order valence-electron chi connectivity index (χ2n) is 7.65. The molecule has 33 heavy (non-hydrogen) atoms. The Hall–Kier alpha value is -3.73. The van der Waals surface area contributed by atoms with E-state index in [4.69, 9.17) is 5.73 Å². The van der Waals surface area contributed by atoms with Crippen molar-refractivity contribution < 1.29 is 17.6 Å². The number of rotatable bonds is 7. The van der Waals surface area contributed by atoms with Gasteiger partial charge in [-0.05, 0) is 42.0 Å². The number of primary amides is 1. The van der Waals surface area contributed by atoms with Gasteiger partial charge in [0, 0.05) is 37.1 Å². The highest BCUT2D eigenvalue weighted by molar-refractivity contribution is 7.91. The summed E-state index contributed by atoms with van der Waals surface area (Å²) in [5, 5.41) is 14.1. The first kappa shape index (κ1) is 22.5. The molecule has 11 heteroatoms. The zero-order chi connectivity index (χ0) is 23.4. The number of nitrogens with zero attached hydrogens (tertiary/aromatic N) is 3. The molecule has 1 fully saturated rings. The number of anilines is 4. The zero-order valence-electron chi connectivity index (χ0n) is 17.7. The molecule has 2 heterocycles. The number of hydrogen-bond donors (Lipinski definition) is 3. The molecule has 3 aromatic rings. The normalized spacial score (nSPS) is 15.1. The summed E-state index contributed by atoms with van der Waals surface area (Å²) in [6.45, 7) is 1.20. The number of carbonyl (C=O) groups is 1. The van der Waals surface area contributed by atoms with Gasteiger partial charge in [-0.15, -0.1) is 10.2 Å². The molecule has 172 valence electrons. The molecule has 0 bridgehead atoms. The molecule has 1 saturated heterocycles. The number of halogens is 1. The van der Waals surface area contributed by atoms with E-state index in [9.17, 15) is 17.6 Å². The number of aromatic nitrogens is 2. The van der Waals surface area contributed by atoms with Crippen molar-refractivity contribution >= 4 is 38.6 Å². The summed E-state index contributed by atoms with van der Waals surface area (Å²) in [5.74, 6) is -0.392. The first-order valence-corrected chi connectivity index (χ1v) is 12.1. The summed E-state index contributed by atoms with van der Waals surface area (Å²) in [6, 6.07) is 15.2. The van der Waals surface area contributed by atoms with Crippen molar-refractivity contribution in [2.75, 3.05) is 40.1 Å². The fourth-order valence-electron chi connectivity index (χ4n) is 3.49. The van der Waals surface area contributed by atoms with Gasteiger partial charge in [-0.3, -0.25) is 4.79 Å². The lowest BCUT2D eigenvalue weighted by molar-refractivity contribution is 0.0995. The van der Waals surface area contributed by atoms with Crippen molar-refractivity contribution in [2.24, 2.45) is 5.73 Å². The van der Waals surface area contributed by atoms with Crippen molar-refractivity contribution in [1.29, 1.82) is 0 Å². The van der Waals surface area contributed by atoms with Gasteiger partial charge in [0.05, 0.1) is 17.2 Å². The van der Waals surface area contributed by atoms with Crippen molar-refractivity contribution in [2.45, 2.75) is 6.54 Å². The molecule has 0 spiro atoms. The smallest absolute Gasteiger partial charge is 0.271 e. The van der Waals surface area contributed by atoms with E-state index in [1.807, 2.05) is 29.2 Å². The first-order chi connectivity index (χ1) is 15.8. The lowest BCUT2D eigenvalue weighted by Gasteiger charge is -2.28. The molecule has 1 aliphatic rings. The number of carbonyl (C=O) groups excluding carboxylic acids is 1. The summed E-state index contributed by atoms with van der Waals surface area (Å²) in [4.78, 5) is 13.8. The van der Waals surface area contributed by atoms with Crippen LogP contribution in [0.25, 0.3) is 0 Å². The molecule has 2 aromatic carbocycles. The van der Waals surface area contributed by atoms with Crippen LogP contribution in [0.15, 0.2) is 54.6 Å². The second-order valence-corrected chi connectivity index (χ2v) is 9.95. The number of sulfone groups is 1. The summed E-state index contributed by atoms with van der Waals surface area (Å²) in [6.07, 6.45) is 0. The minimum Gasteiger partial charge on any atom is -0.379 e. The molecule has 0 atom stereocenters. The molecule has 4 rings (SSSR count). The van der Waals surface area contributed by atoms with Gasteiger partial charge in [0.15, 0.2) is 21.3 Å². The Morgan fingerprint density at radius 1 is 1.06 bits per heavy atom. The minimum atomic E-state index is -2.94. The van der Waals surface area contributed by atoms with Gasteiger partial charge < -0.3 is 21.3 Å². The van der Waals surface area contributed by atoms with E-state index >= 15 is 0 Å². The quantitative estimate of drug-likeness (QED) is 0.480. The predicted molar refractivity (Wildman–Crippen MR) is 125 cm³/mol. The minimum absolute atomic E-state index is 0.0210. The van der Waals surface area contributed by atoms with Crippen molar-refractivity contribution in [3.8, 4) is 0 Å². The monoisotopic (exact) mass is 470 g/mol. The Balaban J connectivity index is 1.46. The highest BCUT2D eigenvalue weighted by Crippen LogP contribution is 2.24. The van der Waals surface area contributed by atoms with E-state index in [-0.39, 0.29) is 29.6 Å². The predicted octanol–water partition coefficient (Wildman–Crippen LogP) is 2.31. The summed E-state index contributed by atoms with van der Waals surface area (Å²) in [5.41, 5.74) is 8.12. The molecule has 1 aliphatic heterocycles. The number of nitrogens with one attached hydrogen (secondary N) is 2. The van der Waals surface area contributed by atoms with Gasteiger partial charge in [0.25, 0.3) is 5.91 Å². The topological polar surface area (TPSA) is 130 Å². The van der Waals surface area contributed by atoms with E-state index < -0.39 is 15.7 Å². The van der Waals surface area contributed by atoms with Crippen LogP contribution >= 0.6 is 0 Å². The molecule has 0 saturated carbocycles. The van der Waals surface area contributed by atoms with Crippen LogP contribution in [0.5, 0.6) is 0 Å². The third-order valence-corrected chi connectivity index (χ3v) is 6.86.